The summed E-state index contributed by atoms with van der Waals surface area (Å²) >= 11 is 6.06. The summed E-state index contributed by atoms with van der Waals surface area (Å²) in [5, 5.41) is 9.97. The molecule has 4 rings (SSSR count). The van der Waals surface area contributed by atoms with Gasteiger partial charge in [-0.25, -0.2) is 17.8 Å². The third-order valence-corrected chi connectivity index (χ3v) is 8.73. The van der Waals surface area contributed by atoms with Crippen molar-refractivity contribution in [3.63, 3.8) is 0 Å². The lowest BCUT2D eigenvalue weighted by molar-refractivity contribution is -0.116. The zero-order chi connectivity index (χ0) is 29.6. The molecule has 220 valence electrons. The molecule has 0 unspecified atom stereocenters. The molecule has 0 radical (unpaired) electrons. The lowest BCUT2D eigenvalue weighted by Crippen LogP contribution is -2.58. The Morgan fingerprint density at radius 1 is 1.20 bits per heavy atom. The molecule has 3 aromatic rings. The monoisotopic (exact) mass is 603 g/mol. The molecule has 2 heterocycles. The predicted molar refractivity (Wildman–Crippen MR) is 160 cm³/mol. The number of hydrogen-bond acceptors (Lipinski definition) is 7. The Bertz CT molecular complexity index is 1440. The van der Waals surface area contributed by atoms with Gasteiger partial charge < -0.3 is 20.7 Å². The Morgan fingerprint density at radius 3 is 2.61 bits per heavy atom. The number of aromatic nitrogens is 1. The van der Waals surface area contributed by atoms with Gasteiger partial charge in [-0.15, -0.1) is 0 Å². The van der Waals surface area contributed by atoms with Gasteiger partial charge in [0.15, 0.2) is 0 Å². The number of rotatable bonds is 11. The molecule has 41 heavy (non-hydrogen) atoms. The van der Waals surface area contributed by atoms with E-state index in [0.717, 1.165) is 5.56 Å². The lowest BCUT2D eigenvalue weighted by Gasteiger charge is -2.39. The normalized spacial score (nSPS) is 18.5. The highest BCUT2D eigenvalue weighted by molar-refractivity contribution is 7.88. The highest BCUT2D eigenvalue weighted by atomic mass is 35.5. The van der Waals surface area contributed by atoms with Crippen molar-refractivity contribution in [2.45, 2.75) is 44.3 Å². The zero-order valence-corrected chi connectivity index (χ0v) is 24.8. The molecule has 1 fully saturated rings. The number of benzene rings is 2. The molecule has 0 aliphatic carbocycles. The molecule has 0 saturated carbocycles. The van der Waals surface area contributed by atoms with E-state index < -0.39 is 21.9 Å². The van der Waals surface area contributed by atoms with Gasteiger partial charge in [-0.3, -0.25) is 4.79 Å². The number of pyridine rings is 1. The highest BCUT2D eigenvalue weighted by Gasteiger charge is 2.34. The van der Waals surface area contributed by atoms with Crippen LogP contribution in [0.15, 0.2) is 60.8 Å². The van der Waals surface area contributed by atoms with Crippen LogP contribution in [0, 0.1) is 5.82 Å². The van der Waals surface area contributed by atoms with Gasteiger partial charge in [-0.1, -0.05) is 29.8 Å². The molecule has 1 amide bonds. The van der Waals surface area contributed by atoms with Gasteiger partial charge in [-0.05, 0) is 55.7 Å². The maximum atomic E-state index is 15.2. The second kappa shape index (κ2) is 13.6. The van der Waals surface area contributed by atoms with Crippen LogP contribution in [0.4, 0.5) is 15.8 Å². The summed E-state index contributed by atoms with van der Waals surface area (Å²) in [5.41, 5.74) is 2.20. The van der Waals surface area contributed by atoms with E-state index >= 15 is 4.39 Å². The van der Waals surface area contributed by atoms with E-state index in [-0.39, 0.29) is 24.4 Å². The molecule has 9 nitrogen and oxygen atoms in total. The topological polar surface area (TPSA) is 113 Å². The van der Waals surface area contributed by atoms with E-state index in [1.165, 1.54) is 29.9 Å². The van der Waals surface area contributed by atoms with E-state index in [0.29, 0.717) is 53.8 Å². The van der Waals surface area contributed by atoms with Gasteiger partial charge in [-0.2, -0.15) is 4.31 Å². The summed E-state index contributed by atoms with van der Waals surface area (Å²) in [4.78, 5) is 17.6. The van der Waals surface area contributed by atoms with Gasteiger partial charge >= 0.3 is 0 Å². The highest BCUT2D eigenvalue weighted by Crippen LogP contribution is 2.26. The molecule has 1 aliphatic rings. The van der Waals surface area contributed by atoms with E-state index in [2.05, 4.69) is 20.9 Å². The maximum Gasteiger partial charge on any atom is 0.247 e. The number of methoxy groups -OCH3 is 1. The summed E-state index contributed by atoms with van der Waals surface area (Å²) in [6.45, 7) is 2.89. The number of carbonyl (C=O) groups excluding carboxylic acids is 1. The van der Waals surface area contributed by atoms with Crippen LogP contribution in [-0.2, 0) is 27.7 Å². The molecule has 1 saturated heterocycles. The summed E-state index contributed by atoms with van der Waals surface area (Å²) in [6, 6.07) is 13.9. The van der Waals surface area contributed by atoms with E-state index in [1.807, 2.05) is 19.1 Å². The van der Waals surface area contributed by atoms with Crippen molar-refractivity contribution < 1.29 is 22.3 Å². The first-order chi connectivity index (χ1) is 19.5. The van der Waals surface area contributed by atoms with Crippen molar-refractivity contribution in [1.82, 2.24) is 14.6 Å². The fourth-order valence-corrected chi connectivity index (χ4v) is 6.72. The first-order valence-corrected chi connectivity index (χ1v) is 15.6. The standard InChI is InChI=1S/C29H35ClFN5O4S/c1-19-16-32-18-23(36(19)41(3,38)39)12-13-24-25(31)5-4-6-26(24)35-27(15-20-7-9-21(30)10-8-20)29(37)34-22-11-14-28(40-2)33-17-22/h4-11,14,17,19,23,27,32,35H,12-13,15-16,18H2,1-3H3,(H,34,37)/t19-,23-,27-/m0/s1. The van der Waals surface area contributed by atoms with E-state index in [4.69, 9.17) is 16.3 Å². The molecule has 2 aromatic carbocycles. The second-order valence-electron chi connectivity index (χ2n) is 10.2. The van der Waals surface area contributed by atoms with Crippen molar-refractivity contribution in [2.75, 3.05) is 37.1 Å². The van der Waals surface area contributed by atoms with Crippen molar-refractivity contribution in [2.24, 2.45) is 0 Å². The van der Waals surface area contributed by atoms with E-state index in [1.54, 1.807) is 36.4 Å². The van der Waals surface area contributed by atoms with Crippen LogP contribution < -0.4 is 20.7 Å². The lowest BCUT2D eigenvalue weighted by atomic mass is 9.99. The average Bonchev–Trinajstić information content (AvgIpc) is 2.93. The number of halogens is 2. The minimum absolute atomic E-state index is 0.207. The summed E-state index contributed by atoms with van der Waals surface area (Å²) < 4.78 is 46.8. The fraction of sp³-hybridized carbons (Fsp3) is 0.379. The largest absolute Gasteiger partial charge is 0.481 e. The number of hydrogen-bond donors (Lipinski definition) is 3. The number of ether oxygens (including phenoxy) is 1. The van der Waals surface area contributed by atoms with Crippen LogP contribution in [0.3, 0.4) is 0 Å². The molecule has 3 N–H and O–H groups in total. The van der Waals surface area contributed by atoms with Crippen molar-refractivity contribution in [3.8, 4) is 5.88 Å². The van der Waals surface area contributed by atoms with Crippen molar-refractivity contribution in [1.29, 1.82) is 0 Å². The quantitative estimate of drug-likeness (QED) is 0.302. The number of carbonyl (C=O) groups is 1. The predicted octanol–water partition coefficient (Wildman–Crippen LogP) is 4.10. The summed E-state index contributed by atoms with van der Waals surface area (Å²) in [7, 11) is -1.94. The summed E-state index contributed by atoms with van der Waals surface area (Å²) in [6.07, 6.45) is 3.68. The first-order valence-electron chi connectivity index (χ1n) is 13.3. The second-order valence-corrected chi connectivity index (χ2v) is 12.5. The number of nitrogens with zero attached hydrogens (tertiary/aromatic N) is 2. The van der Waals surface area contributed by atoms with Crippen LogP contribution >= 0.6 is 11.6 Å². The Kier molecular flexibility index (Phi) is 10.2. The summed E-state index contributed by atoms with van der Waals surface area (Å²) in [5.74, 6) is -0.348. The first kappa shape index (κ1) is 30.7. The molecule has 1 aliphatic heterocycles. The molecule has 12 heteroatoms. The van der Waals surface area contributed by atoms with E-state index in [9.17, 15) is 13.2 Å². The third-order valence-electron chi connectivity index (χ3n) is 7.06. The Hall–Kier alpha value is -3.25. The molecular formula is C29H35ClFN5O4S. The van der Waals surface area contributed by atoms with Crippen LogP contribution in [0.2, 0.25) is 5.02 Å². The smallest absolute Gasteiger partial charge is 0.247 e. The van der Waals surface area contributed by atoms with Gasteiger partial charge in [0.2, 0.25) is 21.8 Å². The SMILES string of the molecule is COc1ccc(NC(=O)[C@H](Cc2ccc(Cl)cc2)Nc2cccc(F)c2CC[C@H]2CNC[C@H](C)N2S(C)(=O)=O)cn1. The van der Waals surface area contributed by atoms with Crippen molar-refractivity contribution in [3.05, 3.63) is 82.8 Å². The Labute approximate surface area is 245 Å². The van der Waals surface area contributed by atoms with Crippen LogP contribution in [0.25, 0.3) is 0 Å². The number of piperazine rings is 1. The Balaban J connectivity index is 1.57. The molecule has 1 aromatic heterocycles. The minimum atomic E-state index is -3.44. The number of anilines is 2. The molecule has 3 atom stereocenters. The third kappa shape index (κ3) is 8.16. The molecular weight excluding hydrogens is 569 g/mol. The molecule has 0 bridgehead atoms. The van der Waals surface area contributed by atoms with Crippen molar-refractivity contribution >= 4 is 38.9 Å². The van der Waals surface area contributed by atoms with Gasteiger partial charge in [0.05, 0.1) is 25.2 Å². The zero-order valence-electron chi connectivity index (χ0n) is 23.2. The molecule has 0 spiro atoms. The van der Waals surface area contributed by atoms with Gasteiger partial charge in [0.1, 0.15) is 11.9 Å². The van der Waals surface area contributed by atoms with Gasteiger partial charge in [0, 0.05) is 53.9 Å². The van der Waals surface area contributed by atoms with Crippen LogP contribution in [0.1, 0.15) is 24.5 Å². The van der Waals surface area contributed by atoms with Crippen LogP contribution in [-0.4, -0.2) is 68.2 Å². The maximum absolute atomic E-state index is 15.2. The number of sulfonamides is 1. The average molecular weight is 604 g/mol. The number of nitrogens with one attached hydrogen (secondary N) is 3. The van der Waals surface area contributed by atoms with Crippen LogP contribution in [0.5, 0.6) is 5.88 Å². The minimum Gasteiger partial charge on any atom is -0.481 e. The fourth-order valence-electron chi connectivity index (χ4n) is 5.14. The van der Waals surface area contributed by atoms with Gasteiger partial charge in [0.25, 0.3) is 0 Å². The Morgan fingerprint density at radius 2 is 1.95 bits per heavy atom. The number of amides is 1.